The van der Waals surface area contributed by atoms with Crippen molar-refractivity contribution >= 4 is 28.2 Å². The molecule has 1 aliphatic carbocycles. The minimum absolute atomic E-state index is 0.126. The van der Waals surface area contributed by atoms with Crippen molar-refractivity contribution in [2.24, 2.45) is 0 Å². The van der Waals surface area contributed by atoms with Gasteiger partial charge >= 0.3 is 0 Å². The van der Waals surface area contributed by atoms with E-state index in [1.807, 2.05) is 35.3 Å². The molecule has 0 aliphatic heterocycles. The van der Waals surface area contributed by atoms with E-state index in [1.54, 1.807) is 6.20 Å². The first-order valence-corrected chi connectivity index (χ1v) is 12.3. The highest BCUT2D eigenvalue weighted by molar-refractivity contribution is 7.19. The molecule has 0 atom stereocenters. The van der Waals surface area contributed by atoms with E-state index in [2.05, 4.69) is 52.3 Å². The van der Waals surface area contributed by atoms with Crippen LogP contribution >= 0.6 is 11.3 Å². The molecule has 35 heavy (non-hydrogen) atoms. The van der Waals surface area contributed by atoms with Crippen LogP contribution in [0.3, 0.4) is 0 Å². The second-order valence-corrected chi connectivity index (χ2v) is 9.90. The highest BCUT2D eigenvalue weighted by atomic mass is 32.1. The van der Waals surface area contributed by atoms with Gasteiger partial charge in [-0.25, -0.2) is 14.6 Å². The first-order chi connectivity index (χ1) is 16.9. The number of hydrogen-bond acceptors (Lipinski definition) is 8. The summed E-state index contributed by atoms with van der Waals surface area (Å²) >= 11 is 1.49. The lowest BCUT2D eigenvalue weighted by atomic mass is 9.95. The minimum atomic E-state index is -0.126. The van der Waals surface area contributed by atoms with Crippen LogP contribution < -0.4 is 10.2 Å². The van der Waals surface area contributed by atoms with E-state index in [1.165, 1.54) is 18.3 Å². The highest BCUT2D eigenvalue weighted by Gasteiger charge is 2.30. The fourth-order valence-electron chi connectivity index (χ4n) is 4.19. The van der Waals surface area contributed by atoms with Crippen molar-refractivity contribution in [3.63, 3.8) is 0 Å². The van der Waals surface area contributed by atoms with Gasteiger partial charge in [0.05, 0.1) is 33.8 Å². The minimum Gasteiger partial charge on any atom is -0.358 e. The molecule has 0 unspecified atom stereocenters. The molecule has 5 rings (SSSR count). The van der Waals surface area contributed by atoms with Crippen molar-refractivity contribution in [2.45, 2.75) is 19.8 Å². The summed E-state index contributed by atoms with van der Waals surface area (Å²) in [5.41, 5.74) is 5.93. The van der Waals surface area contributed by atoms with E-state index in [-0.39, 0.29) is 5.91 Å². The van der Waals surface area contributed by atoms with Crippen LogP contribution in [0.15, 0.2) is 42.9 Å². The molecule has 180 valence electrons. The summed E-state index contributed by atoms with van der Waals surface area (Å²) < 4.78 is 1.96. The number of hydrogen-bond donors (Lipinski definition) is 1. The van der Waals surface area contributed by atoms with Crippen molar-refractivity contribution in [2.75, 3.05) is 44.4 Å². The molecule has 0 fully saturated rings. The van der Waals surface area contributed by atoms with Gasteiger partial charge in [-0.2, -0.15) is 5.10 Å². The molecule has 0 saturated heterocycles. The van der Waals surface area contributed by atoms with Gasteiger partial charge in [0.15, 0.2) is 5.13 Å². The van der Waals surface area contributed by atoms with Crippen LogP contribution in [0.1, 0.15) is 18.2 Å². The molecule has 0 saturated carbocycles. The average Bonchev–Trinajstić information content (AvgIpc) is 3.43. The van der Waals surface area contributed by atoms with Crippen LogP contribution in [0, 0.1) is 0 Å². The number of rotatable bonds is 7. The van der Waals surface area contributed by atoms with Crippen LogP contribution in [0.5, 0.6) is 0 Å². The smallest absolute Gasteiger partial charge is 0.223 e. The maximum atomic E-state index is 11.6. The van der Waals surface area contributed by atoms with Gasteiger partial charge in [0.1, 0.15) is 5.82 Å². The Hall–Kier alpha value is -3.63. The first-order valence-electron chi connectivity index (χ1n) is 11.5. The van der Waals surface area contributed by atoms with Crippen molar-refractivity contribution in [1.82, 2.24) is 29.6 Å². The van der Waals surface area contributed by atoms with Crippen LogP contribution in [-0.4, -0.2) is 69.8 Å². The summed E-state index contributed by atoms with van der Waals surface area (Å²) in [4.78, 5) is 30.7. The fourth-order valence-corrected chi connectivity index (χ4v) is 5.31. The molecule has 0 radical (unpaired) electrons. The number of aryl methyl sites for hydroxylation is 1. The number of thiazole rings is 1. The van der Waals surface area contributed by atoms with Crippen molar-refractivity contribution < 1.29 is 4.79 Å². The number of aromatic nitrogens is 5. The zero-order chi connectivity index (χ0) is 24.5. The zero-order valence-electron chi connectivity index (χ0n) is 20.3. The Morgan fingerprint density at radius 3 is 2.69 bits per heavy atom. The maximum Gasteiger partial charge on any atom is 0.223 e. The first kappa shape index (κ1) is 23.1. The van der Waals surface area contributed by atoms with E-state index in [0.717, 1.165) is 70.5 Å². The second kappa shape index (κ2) is 9.55. The molecule has 0 aromatic carbocycles. The number of amides is 1. The van der Waals surface area contributed by atoms with E-state index in [9.17, 15) is 4.79 Å². The quantitative estimate of drug-likeness (QED) is 0.426. The Morgan fingerprint density at radius 2 is 2.00 bits per heavy atom. The number of nitrogens with zero attached hydrogens (tertiary/aromatic N) is 7. The van der Waals surface area contributed by atoms with Gasteiger partial charge in [0.2, 0.25) is 5.91 Å². The lowest BCUT2D eigenvalue weighted by molar-refractivity contribution is -0.114. The molecule has 1 aliphatic rings. The standard InChI is InChI=1S/C25H28N8OS/c1-16(34)28-25-29-20-9-8-19-22(17-6-5-11-26-14-17)30-33(23(19)24(20)35-25)18-7-10-21(27-15-18)32(4)13-12-31(2)3/h5-7,10-11,14-15H,8-9,12-13H2,1-4H3,(H,28,29,34). The third kappa shape index (κ3) is 4.67. The Labute approximate surface area is 208 Å². The molecular weight excluding hydrogens is 460 g/mol. The van der Waals surface area contributed by atoms with E-state index in [0.29, 0.717) is 5.13 Å². The van der Waals surface area contributed by atoms with Gasteiger partial charge in [0, 0.05) is 50.6 Å². The summed E-state index contributed by atoms with van der Waals surface area (Å²) in [6.45, 7) is 3.34. The third-order valence-electron chi connectivity index (χ3n) is 5.98. The number of likely N-dealkylation sites (N-methyl/N-ethyl adjacent to an activating group) is 2. The number of fused-ring (bicyclic) bond motifs is 3. The van der Waals surface area contributed by atoms with Gasteiger partial charge in [0.25, 0.3) is 0 Å². The third-order valence-corrected chi connectivity index (χ3v) is 7.00. The molecule has 1 amide bonds. The normalized spacial score (nSPS) is 12.4. The molecule has 4 aromatic rings. The molecular formula is C25H28N8OS. The summed E-state index contributed by atoms with van der Waals surface area (Å²) in [6.07, 6.45) is 7.09. The summed E-state index contributed by atoms with van der Waals surface area (Å²) in [7, 11) is 6.18. The largest absolute Gasteiger partial charge is 0.358 e. The fraction of sp³-hybridized carbons (Fsp3) is 0.320. The predicted octanol–water partition coefficient (Wildman–Crippen LogP) is 3.51. The van der Waals surface area contributed by atoms with E-state index in [4.69, 9.17) is 10.1 Å². The van der Waals surface area contributed by atoms with Gasteiger partial charge in [-0.15, -0.1) is 0 Å². The summed E-state index contributed by atoms with van der Waals surface area (Å²) in [6, 6.07) is 8.04. The van der Waals surface area contributed by atoms with Gasteiger partial charge in [-0.1, -0.05) is 11.3 Å². The van der Waals surface area contributed by atoms with Crippen LogP contribution in [-0.2, 0) is 17.6 Å². The van der Waals surface area contributed by atoms with Crippen molar-refractivity contribution in [1.29, 1.82) is 0 Å². The number of anilines is 2. The maximum absolute atomic E-state index is 11.6. The molecule has 0 bridgehead atoms. The molecule has 1 N–H and O–H groups in total. The SMILES string of the molecule is CC(=O)Nc1nc2c(s1)-c1c(c(-c3cccnc3)nn1-c1ccc(N(C)CCN(C)C)nc1)CC2. The molecule has 10 heteroatoms. The predicted molar refractivity (Wildman–Crippen MR) is 139 cm³/mol. The monoisotopic (exact) mass is 488 g/mol. The van der Waals surface area contributed by atoms with E-state index < -0.39 is 0 Å². The van der Waals surface area contributed by atoms with Gasteiger partial charge < -0.3 is 15.1 Å². The summed E-state index contributed by atoms with van der Waals surface area (Å²) in [5, 5.41) is 8.49. The average molecular weight is 489 g/mol. The lowest BCUT2D eigenvalue weighted by Gasteiger charge is -2.20. The molecule has 4 heterocycles. The van der Waals surface area contributed by atoms with Gasteiger partial charge in [-0.3, -0.25) is 9.78 Å². The number of pyridine rings is 2. The topological polar surface area (TPSA) is 92.1 Å². The highest BCUT2D eigenvalue weighted by Crippen LogP contribution is 2.44. The lowest BCUT2D eigenvalue weighted by Crippen LogP contribution is -2.28. The Balaban J connectivity index is 1.58. The Morgan fingerprint density at radius 1 is 1.14 bits per heavy atom. The Bertz CT molecular complexity index is 1340. The molecule has 0 spiro atoms. The molecule has 9 nitrogen and oxygen atoms in total. The van der Waals surface area contributed by atoms with Crippen molar-refractivity contribution in [3.8, 4) is 27.5 Å². The van der Waals surface area contributed by atoms with E-state index >= 15 is 0 Å². The number of nitrogens with one attached hydrogen (secondary N) is 1. The van der Waals surface area contributed by atoms with Crippen LogP contribution in [0.4, 0.5) is 10.9 Å². The van der Waals surface area contributed by atoms with Crippen LogP contribution in [0.25, 0.3) is 27.5 Å². The Kier molecular flexibility index (Phi) is 6.31. The number of carbonyl (C=O) groups is 1. The molecule has 4 aromatic heterocycles. The van der Waals surface area contributed by atoms with Gasteiger partial charge in [-0.05, 0) is 51.2 Å². The second-order valence-electron chi connectivity index (χ2n) is 8.90. The van der Waals surface area contributed by atoms with Crippen LogP contribution in [0.2, 0.25) is 0 Å². The van der Waals surface area contributed by atoms with Crippen molar-refractivity contribution in [3.05, 3.63) is 54.1 Å². The summed E-state index contributed by atoms with van der Waals surface area (Å²) in [5.74, 6) is 0.787. The zero-order valence-corrected chi connectivity index (χ0v) is 21.1. The number of carbonyl (C=O) groups excluding carboxylic acids is 1.